The van der Waals surface area contributed by atoms with Gasteiger partial charge in [-0.15, -0.1) is 13.2 Å². The first kappa shape index (κ1) is 22.3. The molecule has 0 unspecified atom stereocenters. The molecule has 0 fully saturated rings. The quantitative estimate of drug-likeness (QED) is 0.236. The Morgan fingerprint density at radius 3 is 2.40 bits per heavy atom. The van der Waals surface area contributed by atoms with Crippen molar-refractivity contribution in [2.75, 3.05) is 11.9 Å². The zero-order valence-electron chi connectivity index (χ0n) is 14.8. The van der Waals surface area contributed by atoms with Crippen molar-refractivity contribution in [2.24, 2.45) is 0 Å². The first-order valence-electron chi connectivity index (χ1n) is 7.98. The Labute approximate surface area is 165 Å². The van der Waals surface area contributed by atoms with Crippen LogP contribution in [-0.4, -0.2) is 29.8 Å². The average Bonchev–Trinajstić information content (AvgIpc) is 2.66. The van der Waals surface area contributed by atoms with Crippen molar-refractivity contribution in [1.82, 2.24) is 0 Å². The maximum absolute atomic E-state index is 13.2. The van der Waals surface area contributed by atoms with Crippen LogP contribution in [0.3, 0.4) is 0 Å². The number of anilines is 1. The number of nitrogens with one attached hydrogen (secondary N) is 1. The van der Waals surface area contributed by atoms with Gasteiger partial charge in [-0.3, -0.25) is 14.9 Å². The van der Waals surface area contributed by atoms with Gasteiger partial charge in [-0.05, 0) is 35.9 Å². The molecule has 158 valence electrons. The van der Waals surface area contributed by atoms with Gasteiger partial charge in [0, 0.05) is 17.8 Å². The molecule has 0 aliphatic rings. The molecule has 1 N–H and O–H groups in total. The highest BCUT2D eigenvalue weighted by molar-refractivity contribution is 5.94. The van der Waals surface area contributed by atoms with E-state index in [-0.39, 0.29) is 5.69 Å². The number of carbonyl (C=O) groups is 2. The summed E-state index contributed by atoms with van der Waals surface area (Å²) in [5.74, 6) is -3.26. The van der Waals surface area contributed by atoms with Crippen LogP contribution >= 0.6 is 0 Å². The molecule has 8 nitrogen and oxygen atoms in total. The number of halogens is 4. The number of nitro groups is 1. The van der Waals surface area contributed by atoms with E-state index in [0.29, 0.717) is 5.56 Å². The normalized spacial score (nSPS) is 11.2. The third-order valence-corrected chi connectivity index (χ3v) is 3.30. The molecule has 0 atom stereocenters. The van der Waals surface area contributed by atoms with Crippen LogP contribution < -0.4 is 10.1 Å². The van der Waals surface area contributed by atoms with Crippen LogP contribution in [0.4, 0.5) is 28.9 Å². The van der Waals surface area contributed by atoms with Gasteiger partial charge >= 0.3 is 18.0 Å². The molecule has 0 saturated carbocycles. The van der Waals surface area contributed by atoms with Gasteiger partial charge in [0.1, 0.15) is 5.75 Å². The molecule has 0 saturated heterocycles. The van der Waals surface area contributed by atoms with Gasteiger partial charge in [-0.2, -0.15) is 4.39 Å². The van der Waals surface area contributed by atoms with Crippen molar-refractivity contribution in [2.45, 2.75) is 6.36 Å². The topological polar surface area (TPSA) is 108 Å². The molecule has 0 aliphatic heterocycles. The largest absolute Gasteiger partial charge is 0.573 e. The summed E-state index contributed by atoms with van der Waals surface area (Å²) in [5, 5.41) is 12.9. The third-order valence-electron chi connectivity index (χ3n) is 3.30. The van der Waals surface area contributed by atoms with Gasteiger partial charge in [-0.25, -0.2) is 4.79 Å². The number of rotatable bonds is 7. The van der Waals surface area contributed by atoms with E-state index in [4.69, 9.17) is 0 Å². The summed E-state index contributed by atoms with van der Waals surface area (Å²) in [6.07, 6.45) is -2.64. The number of ether oxygens (including phenoxy) is 2. The molecule has 0 radical (unpaired) electrons. The standard InChI is InChI=1S/C18H12F4N2O6/c19-14-7-4-12(9-15(14)24(27)28)23-16(25)10-29-17(26)8-3-11-1-5-13(6-2-11)30-18(20,21)22/h1-9H,10H2,(H,23,25)/b8-3+. The van der Waals surface area contributed by atoms with E-state index in [1.807, 2.05) is 0 Å². The van der Waals surface area contributed by atoms with E-state index in [9.17, 15) is 37.3 Å². The second-order valence-corrected chi connectivity index (χ2v) is 5.53. The van der Waals surface area contributed by atoms with E-state index in [2.05, 4.69) is 14.8 Å². The van der Waals surface area contributed by atoms with Crippen LogP contribution in [0, 0.1) is 15.9 Å². The third kappa shape index (κ3) is 7.22. The molecule has 2 rings (SSSR count). The lowest BCUT2D eigenvalue weighted by atomic mass is 10.2. The number of hydrogen-bond donors (Lipinski definition) is 1. The SMILES string of the molecule is O=C(COC(=O)/C=C/c1ccc(OC(F)(F)F)cc1)Nc1ccc(F)c([N+](=O)[O-])c1. The highest BCUT2D eigenvalue weighted by Gasteiger charge is 2.30. The lowest BCUT2D eigenvalue weighted by Crippen LogP contribution is -2.20. The Hall–Kier alpha value is -3.96. The Balaban J connectivity index is 1.84. The maximum atomic E-state index is 13.2. The van der Waals surface area contributed by atoms with Crippen molar-refractivity contribution in [1.29, 1.82) is 0 Å². The minimum absolute atomic E-state index is 0.0687. The number of amides is 1. The van der Waals surface area contributed by atoms with E-state index in [1.54, 1.807) is 0 Å². The molecule has 2 aromatic rings. The van der Waals surface area contributed by atoms with Crippen LogP contribution in [-0.2, 0) is 14.3 Å². The molecule has 0 bridgehead atoms. The van der Waals surface area contributed by atoms with Crippen molar-refractivity contribution >= 4 is 29.3 Å². The Bertz CT molecular complexity index is 974. The zero-order valence-corrected chi connectivity index (χ0v) is 14.8. The van der Waals surface area contributed by atoms with Gasteiger partial charge in [0.25, 0.3) is 5.91 Å². The number of nitro benzene ring substituents is 1. The van der Waals surface area contributed by atoms with E-state index in [1.165, 1.54) is 18.2 Å². The highest BCUT2D eigenvalue weighted by atomic mass is 19.4. The smallest absolute Gasteiger partial charge is 0.452 e. The summed E-state index contributed by atoms with van der Waals surface area (Å²) in [4.78, 5) is 33.0. The van der Waals surface area contributed by atoms with Crippen molar-refractivity contribution < 1.29 is 41.5 Å². The Kier molecular flexibility index (Phi) is 7.07. The first-order chi connectivity index (χ1) is 14.0. The minimum Gasteiger partial charge on any atom is -0.452 e. The van der Waals surface area contributed by atoms with Crippen molar-refractivity contribution in [3.05, 3.63) is 70.0 Å². The fraction of sp³-hybridized carbons (Fsp3) is 0.111. The lowest BCUT2D eigenvalue weighted by Gasteiger charge is -2.08. The number of benzene rings is 2. The second-order valence-electron chi connectivity index (χ2n) is 5.53. The molecule has 0 spiro atoms. The summed E-state index contributed by atoms with van der Waals surface area (Å²) in [5.41, 5.74) is -0.537. The monoisotopic (exact) mass is 428 g/mol. The van der Waals surface area contributed by atoms with E-state index >= 15 is 0 Å². The number of esters is 1. The van der Waals surface area contributed by atoms with Crippen LogP contribution in [0.25, 0.3) is 6.08 Å². The fourth-order valence-corrected chi connectivity index (χ4v) is 2.06. The number of nitrogens with zero attached hydrogens (tertiary/aromatic N) is 1. The van der Waals surface area contributed by atoms with Crippen LogP contribution in [0.15, 0.2) is 48.5 Å². The number of carbonyl (C=O) groups excluding carboxylic acids is 2. The molecule has 1 amide bonds. The fourth-order valence-electron chi connectivity index (χ4n) is 2.06. The molecule has 0 aromatic heterocycles. The van der Waals surface area contributed by atoms with Crippen molar-refractivity contribution in [3.63, 3.8) is 0 Å². The lowest BCUT2D eigenvalue weighted by molar-refractivity contribution is -0.387. The van der Waals surface area contributed by atoms with Crippen LogP contribution in [0.5, 0.6) is 5.75 Å². The summed E-state index contributed by atoms with van der Waals surface area (Å²) in [6.45, 7) is -0.729. The minimum atomic E-state index is -4.82. The van der Waals surface area contributed by atoms with Gasteiger partial charge in [-0.1, -0.05) is 12.1 Å². The van der Waals surface area contributed by atoms with Gasteiger partial charge in [0.15, 0.2) is 6.61 Å². The highest BCUT2D eigenvalue weighted by Crippen LogP contribution is 2.23. The Morgan fingerprint density at radius 1 is 1.13 bits per heavy atom. The van der Waals surface area contributed by atoms with Crippen molar-refractivity contribution in [3.8, 4) is 5.75 Å². The van der Waals surface area contributed by atoms with E-state index in [0.717, 1.165) is 36.4 Å². The van der Waals surface area contributed by atoms with Crippen LogP contribution in [0.1, 0.15) is 5.56 Å². The molecule has 30 heavy (non-hydrogen) atoms. The molecule has 0 heterocycles. The second kappa shape index (κ2) is 9.49. The molecule has 2 aromatic carbocycles. The molecule has 0 aliphatic carbocycles. The van der Waals surface area contributed by atoms with Gasteiger partial charge in [0.2, 0.25) is 5.82 Å². The zero-order chi connectivity index (χ0) is 22.3. The molecular weight excluding hydrogens is 416 g/mol. The molecular formula is C18H12F4N2O6. The summed E-state index contributed by atoms with van der Waals surface area (Å²) < 4.78 is 57.9. The van der Waals surface area contributed by atoms with Gasteiger partial charge in [0.05, 0.1) is 4.92 Å². The van der Waals surface area contributed by atoms with Gasteiger partial charge < -0.3 is 14.8 Å². The van der Waals surface area contributed by atoms with E-state index < -0.39 is 47.0 Å². The maximum Gasteiger partial charge on any atom is 0.573 e. The average molecular weight is 428 g/mol. The predicted octanol–water partition coefficient (Wildman–Crippen LogP) is 3.83. The molecule has 12 heteroatoms. The number of alkyl halides is 3. The summed E-state index contributed by atoms with van der Waals surface area (Å²) >= 11 is 0. The first-order valence-corrected chi connectivity index (χ1v) is 7.98. The number of hydrogen-bond acceptors (Lipinski definition) is 6. The summed E-state index contributed by atoms with van der Waals surface area (Å²) in [7, 11) is 0. The summed E-state index contributed by atoms with van der Waals surface area (Å²) in [6, 6.07) is 7.32. The van der Waals surface area contributed by atoms with Crippen LogP contribution in [0.2, 0.25) is 0 Å². The predicted molar refractivity (Wildman–Crippen MR) is 94.8 cm³/mol. The Morgan fingerprint density at radius 2 is 1.80 bits per heavy atom.